The number of nitrogens with zero attached hydrogens (tertiary/aromatic N) is 4. The fourth-order valence-electron chi connectivity index (χ4n) is 2.32. The van der Waals surface area contributed by atoms with Crippen molar-refractivity contribution >= 4 is 43.0 Å². The lowest BCUT2D eigenvalue weighted by Gasteiger charge is -2.02. The van der Waals surface area contributed by atoms with E-state index < -0.39 is 0 Å². The van der Waals surface area contributed by atoms with Gasteiger partial charge in [0.05, 0.1) is 0 Å². The zero-order chi connectivity index (χ0) is 15.8. The van der Waals surface area contributed by atoms with Crippen LogP contribution in [-0.2, 0) is 0 Å². The monoisotopic (exact) mass is 385 g/mol. The van der Waals surface area contributed by atoms with E-state index in [-0.39, 0.29) is 0 Å². The maximum absolute atomic E-state index is 4.59. The molecular formula is C16H12BrN5S. The Hall–Kier alpha value is -2.25. The highest BCUT2D eigenvalue weighted by molar-refractivity contribution is 9.10. The predicted molar refractivity (Wildman–Crippen MR) is 96.3 cm³/mol. The highest BCUT2D eigenvalue weighted by atomic mass is 79.9. The molecule has 5 nitrogen and oxygen atoms in total. The topological polar surface area (TPSA) is 55.1 Å². The summed E-state index contributed by atoms with van der Waals surface area (Å²) >= 11 is 5.02. The van der Waals surface area contributed by atoms with Crippen LogP contribution in [0.1, 0.15) is 5.56 Å². The van der Waals surface area contributed by atoms with E-state index in [9.17, 15) is 0 Å². The number of anilines is 2. The molecule has 4 rings (SSSR count). The Balaban J connectivity index is 1.74. The molecule has 0 aliphatic rings. The van der Waals surface area contributed by atoms with E-state index in [4.69, 9.17) is 0 Å². The molecule has 1 N–H and O–H groups in total. The van der Waals surface area contributed by atoms with Crippen molar-refractivity contribution in [2.24, 2.45) is 0 Å². The number of benzene rings is 2. The number of nitrogens with one attached hydrogen (secondary N) is 1. The van der Waals surface area contributed by atoms with Crippen LogP contribution in [-0.4, -0.2) is 19.8 Å². The highest BCUT2D eigenvalue weighted by Crippen LogP contribution is 2.30. The number of hydrogen-bond acceptors (Lipinski definition) is 5. The lowest BCUT2D eigenvalue weighted by molar-refractivity contribution is 0.969. The summed E-state index contributed by atoms with van der Waals surface area (Å²) in [5.74, 6) is 0.723. The Morgan fingerprint density at radius 2 is 1.96 bits per heavy atom. The number of fused-ring (bicyclic) bond motifs is 1. The van der Waals surface area contributed by atoms with Crippen molar-refractivity contribution in [1.29, 1.82) is 0 Å². The molecule has 0 amide bonds. The molecule has 23 heavy (non-hydrogen) atoms. The zero-order valence-electron chi connectivity index (χ0n) is 12.2. The van der Waals surface area contributed by atoms with Crippen molar-refractivity contribution in [3.63, 3.8) is 0 Å². The van der Waals surface area contributed by atoms with Gasteiger partial charge in [-0.3, -0.25) is 0 Å². The Bertz CT molecular complexity index is 991. The minimum Gasteiger partial charge on any atom is -0.330 e. The van der Waals surface area contributed by atoms with Gasteiger partial charge in [0.25, 0.3) is 0 Å². The fourth-order valence-corrected chi connectivity index (χ4v) is 3.55. The summed E-state index contributed by atoms with van der Waals surface area (Å²) in [6.07, 6.45) is 0. The van der Waals surface area contributed by atoms with Crippen molar-refractivity contribution in [3.8, 4) is 11.4 Å². The smallest absolute Gasteiger partial charge is 0.236 e. The molecule has 0 saturated carbocycles. The van der Waals surface area contributed by atoms with Gasteiger partial charge < -0.3 is 5.32 Å². The highest BCUT2D eigenvalue weighted by Gasteiger charge is 2.15. The van der Waals surface area contributed by atoms with E-state index in [0.717, 1.165) is 31.6 Å². The van der Waals surface area contributed by atoms with Crippen molar-refractivity contribution in [3.05, 3.63) is 58.6 Å². The lowest BCUT2D eigenvalue weighted by atomic mass is 10.2. The first kappa shape index (κ1) is 14.3. The van der Waals surface area contributed by atoms with Gasteiger partial charge in [-0.05, 0) is 36.8 Å². The minimum absolute atomic E-state index is 0.723. The van der Waals surface area contributed by atoms with Crippen molar-refractivity contribution in [1.82, 2.24) is 19.8 Å². The molecule has 0 saturated heterocycles. The first-order valence-electron chi connectivity index (χ1n) is 7.01. The second kappa shape index (κ2) is 5.75. The molecule has 0 aliphatic heterocycles. The Labute approximate surface area is 145 Å². The van der Waals surface area contributed by atoms with E-state index in [1.165, 1.54) is 16.9 Å². The van der Waals surface area contributed by atoms with Crippen LogP contribution in [0, 0.1) is 6.92 Å². The number of hydrogen-bond donors (Lipinski definition) is 1. The molecule has 4 aromatic rings. The number of halogens is 1. The maximum atomic E-state index is 4.59. The summed E-state index contributed by atoms with van der Waals surface area (Å²) in [4.78, 5) is 0.755. The molecule has 0 atom stereocenters. The van der Waals surface area contributed by atoms with Crippen LogP contribution in [0.25, 0.3) is 16.3 Å². The summed E-state index contributed by atoms with van der Waals surface area (Å²) in [7, 11) is 0. The van der Waals surface area contributed by atoms with Gasteiger partial charge in [-0.1, -0.05) is 51.5 Å². The largest absolute Gasteiger partial charge is 0.330 e. The minimum atomic E-state index is 0.723. The third kappa shape index (κ3) is 2.73. The van der Waals surface area contributed by atoms with Gasteiger partial charge in [-0.25, -0.2) is 0 Å². The van der Waals surface area contributed by atoms with Crippen molar-refractivity contribution < 1.29 is 0 Å². The van der Waals surface area contributed by atoms with Gasteiger partial charge in [0.2, 0.25) is 10.1 Å². The third-order valence-corrected chi connectivity index (χ3v) is 4.88. The second-order valence-corrected chi connectivity index (χ2v) is 6.91. The summed E-state index contributed by atoms with van der Waals surface area (Å²) in [5.41, 5.74) is 3.18. The molecule has 2 aromatic carbocycles. The predicted octanol–water partition coefficient (Wildman–Crippen LogP) is 4.67. The Morgan fingerprint density at radius 1 is 1.09 bits per heavy atom. The fraction of sp³-hybridized carbons (Fsp3) is 0.0625. The summed E-state index contributed by atoms with van der Waals surface area (Å²) in [6, 6.07) is 16.1. The third-order valence-electron chi connectivity index (χ3n) is 3.37. The molecular weight excluding hydrogens is 374 g/mol. The number of rotatable bonds is 3. The van der Waals surface area contributed by atoms with E-state index in [0.29, 0.717) is 0 Å². The van der Waals surface area contributed by atoms with Crippen LogP contribution in [0.3, 0.4) is 0 Å². The number of aryl methyl sites for hydroxylation is 1. The first-order chi connectivity index (χ1) is 11.2. The quantitative estimate of drug-likeness (QED) is 0.556. The normalized spacial score (nSPS) is 11.0. The molecule has 0 bridgehead atoms. The summed E-state index contributed by atoms with van der Waals surface area (Å²) in [5, 5.41) is 17.2. The molecule has 0 fully saturated rings. The van der Waals surface area contributed by atoms with Crippen LogP contribution in [0.5, 0.6) is 0 Å². The Kier molecular flexibility index (Phi) is 3.59. The van der Waals surface area contributed by atoms with Gasteiger partial charge >= 0.3 is 0 Å². The molecule has 0 spiro atoms. The first-order valence-corrected chi connectivity index (χ1v) is 8.62. The van der Waals surface area contributed by atoms with Crippen LogP contribution < -0.4 is 5.32 Å². The van der Waals surface area contributed by atoms with Crippen LogP contribution in [0.4, 0.5) is 10.8 Å². The number of aromatic nitrogens is 4. The Morgan fingerprint density at radius 3 is 2.78 bits per heavy atom. The van der Waals surface area contributed by atoms with E-state index in [1.54, 1.807) is 4.52 Å². The lowest BCUT2D eigenvalue weighted by Crippen LogP contribution is -1.94. The molecule has 2 heterocycles. The van der Waals surface area contributed by atoms with Crippen LogP contribution >= 0.6 is 27.3 Å². The van der Waals surface area contributed by atoms with Gasteiger partial charge in [-0.2, -0.15) is 4.52 Å². The average molecular weight is 386 g/mol. The standard InChI is InChI=1S/C16H12BrN5S/c1-10-5-4-6-11(9-10)18-15-21-22-14(19-20-16(22)23-15)12-7-2-3-8-13(12)17/h2-9H,1H3,(H,18,21). The second-order valence-electron chi connectivity index (χ2n) is 5.10. The van der Waals surface area contributed by atoms with Gasteiger partial charge in [-0.15, -0.1) is 15.3 Å². The zero-order valence-corrected chi connectivity index (χ0v) is 14.6. The molecule has 0 unspecified atom stereocenters. The van der Waals surface area contributed by atoms with Gasteiger partial charge in [0.15, 0.2) is 5.82 Å². The van der Waals surface area contributed by atoms with Gasteiger partial charge in [0.1, 0.15) is 0 Å². The summed E-state index contributed by atoms with van der Waals surface area (Å²) in [6.45, 7) is 2.06. The van der Waals surface area contributed by atoms with E-state index in [1.807, 2.05) is 36.4 Å². The molecule has 0 radical (unpaired) electrons. The average Bonchev–Trinajstić information content (AvgIpc) is 3.08. The van der Waals surface area contributed by atoms with Crippen molar-refractivity contribution in [2.75, 3.05) is 5.32 Å². The van der Waals surface area contributed by atoms with Crippen LogP contribution in [0.15, 0.2) is 53.0 Å². The molecule has 0 aliphatic carbocycles. The molecule has 114 valence electrons. The van der Waals surface area contributed by atoms with E-state index in [2.05, 4.69) is 55.6 Å². The maximum Gasteiger partial charge on any atom is 0.236 e. The van der Waals surface area contributed by atoms with E-state index >= 15 is 0 Å². The van der Waals surface area contributed by atoms with Crippen LogP contribution in [0.2, 0.25) is 0 Å². The molecule has 7 heteroatoms. The molecule has 2 aromatic heterocycles. The van der Waals surface area contributed by atoms with Crippen molar-refractivity contribution in [2.45, 2.75) is 6.92 Å². The summed E-state index contributed by atoms with van der Waals surface area (Å²) < 4.78 is 2.73. The van der Waals surface area contributed by atoms with Gasteiger partial charge in [0, 0.05) is 15.7 Å². The SMILES string of the molecule is Cc1cccc(Nc2nn3c(-c4ccccc4Br)nnc3s2)c1.